The number of methoxy groups -OCH3 is 1. The Morgan fingerprint density at radius 2 is 2.25 bits per heavy atom. The van der Waals surface area contributed by atoms with E-state index in [2.05, 4.69) is 26.0 Å². The molecule has 0 bridgehead atoms. The van der Waals surface area contributed by atoms with Gasteiger partial charge >= 0.3 is 5.97 Å². The molecule has 0 aliphatic rings. The van der Waals surface area contributed by atoms with Crippen LogP contribution in [0.5, 0.6) is 0 Å². The molecule has 1 unspecified atom stereocenters. The van der Waals surface area contributed by atoms with Gasteiger partial charge in [0.25, 0.3) is 0 Å². The van der Waals surface area contributed by atoms with Crippen LogP contribution < -0.4 is 5.32 Å². The van der Waals surface area contributed by atoms with Crippen molar-refractivity contribution in [1.29, 1.82) is 0 Å². The molecular weight excluding hydrogens is 270 g/mol. The molecule has 0 radical (unpaired) electrons. The van der Waals surface area contributed by atoms with E-state index in [0.29, 0.717) is 6.42 Å². The molecule has 0 aliphatic carbocycles. The summed E-state index contributed by atoms with van der Waals surface area (Å²) in [7, 11) is 1.40. The maximum Gasteiger partial charge on any atom is 0.307 e. The average molecular weight is 286 g/mol. The van der Waals surface area contributed by atoms with Gasteiger partial charge in [0.1, 0.15) is 0 Å². The molecule has 1 aromatic rings. The van der Waals surface area contributed by atoms with Gasteiger partial charge in [-0.15, -0.1) is 0 Å². The third kappa shape index (κ3) is 3.85. The Labute approximate surface area is 104 Å². The van der Waals surface area contributed by atoms with Gasteiger partial charge in [-0.2, -0.15) is 0 Å². The number of rotatable bonds is 4. The Morgan fingerprint density at radius 3 is 2.81 bits per heavy atom. The zero-order chi connectivity index (χ0) is 12.1. The lowest BCUT2D eigenvalue weighted by Gasteiger charge is -2.14. The Balaban J connectivity index is 2.59. The van der Waals surface area contributed by atoms with E-state index in [1.165, 1.54) is 7.11 Å². The quantitative estimate of drug-likeness (QED) is 0.864. The summed E-state index contributed by atoms with van der Waals surface area (Å²) >= 11 is 3.45. The van der Waals surface area contributed by atoms with Gasteiger partial charge in [-0.1, -0.05) is 15.9 Å². The summed E-state index contributed by atoms with van der Waals surface area (Å²) in [4.78, 5) is 11.1. The number of carbonyl (C=O) groups excluding carboxylic acids is 1. The van der Waals surface area contributed by atoms with Gasteiger partial charge in [0.2, 0.25) is 0 Å². The second-order valence-corrected chi connectivity index (χ2v) is 4.64. The molecule has 4 heteroatoms. The van der Waals surface area contributed by atoms with Crippen molar-refractivity contribution in [2.24, 2.45) is 0 Å². The lowest BCUT2D eigenvalue weighted by Crippen LogP contribution is -2.20. The van der Waals surface area contributed by atoms with Crippen molar-refractivity contribution in [1.82, 2.24) is 0 Å². The highest BCUT2D eigenvalue weighted by Gasteiger charge is 2.08. The van der Waals surface area contributed by atoms with Crippen molar-refractivity contribution in [2.75, 3.05) is 12.4 Å². The summed E-state index contributed by atoms with van der Waals surface area (Å²) in [6, 6.07) is 6.07. The molecule has 16 heavy (non-hydrogen) atoms. The van der Waals surface area contributed by atoms with Crippen molar-refractivity contribution in [2.45, 2.75) is 26.3 Å². The molecule has 0 amide bonds. The molecule has 0 aliphatic heterocycles. The molecule has 0 saturated carbocycles. The van der Waals surface area contributed by atoms with Crippen molar-refractivity contribution < 1.29 is 9.53 Å². The maximum atomic E-state index is 11.1. The molecule has 0 saturated heterocycles. The van der Waals surface area contributed by atoms with E-state index >= 15 is 0 Å². The third-order valence-corrected chi connectivity index (χ3v) is 3.16. The molecule has 3 nitrogen and oxygen atoms in total. The number of aryl methyl sites for hydroxylation is 1. The van der Waals surface area contributed by atoms with Crippen LogP contribution in [-0.4, -0.2) is 19.1 Å². The van der Waals surface area contributed by atoms with Crippen molar-refractivity contribution >= 4 is 27.6 Å². The fourth-order valence-electron chi connectivity index (χ4n) is 1.40. The number of halogens is 1. The van der Waals surface area contributed by atoms with Crippen LogP contribution in [0, 0.1) is 6.92 Å². The zero-order valence-corrected chi connectivity index (χ0v) is 11.3. The van der Waals surface area contributed by atoms with Crippen molar-refractivity contribution in [3.05, 3.63) is 28.2 Å². The van der Waals surface area contributed by atoms with Gasteiger partial charge in [-0.25, -0.2) is 0 Å². The highest BCUT2D eigenvalue weighted by Crippen LogP contribution is 2.20. The number of benzene rings is 1. The van der Waals surface area contributed by atoms with Crippen LogP contribution in [0.3, 0.4) is 0 Å². The normalized spacial score (nSPS) is 12.0. The number of carbonyl (C=O) groups is 1. The highest BCUT2D eigenvalue weighted by atomic mass is 79.9. The monoisotopic (exact) mass is 285 g/mol. The Bertz CT molecular complexity index is 379. The van der Waals surface area contributed by atoms with Gasteiger partial charge in [0, 0.05) is 16.2 Å². The molecule has 0 fully saturated rings. The molecule has 1 rings (SSSR count). The lowest BCUT2D eigenvalue weighted by atomic mass is 10.2. The van der Waals surface area contributed by atoms with Crippen LogP contribution in [-0.2, 0) is 9.53 Å². The lowest BCUT2D eigenvalue weighted by molar-refractivity contribution is -0.140. The molecule has 1 aromatic carbocycles. The van der Waals surface area contributed by atoms with Gasteiger partial charge in [-0.3, -0.25) is 4.79 Å². The van der Waals surface area contributed by atoms with Crippen LogP contribution >= 0.6 is 15.9 Å². The average Bonchev–Trinajstić information content (AvgIpc) is 2.23. The van der Waals surface area contributed by atoms with Gasteiger partial charge in [0.05, 0.1) is 13.5 Å². The van der Waals surface area contributed by atoms with Crippen LogP contribution in [0.25, 0.3) is 0 Å². The number of hydrogen-bond donors (Lipinski definition) is 1. The Kier molecular flexibility index (Phi) is 4.80. The van der Waals surface area contributed by atoms with Gasteiger partial charge in [0.15, 0.2) is 0 Å². The standard InChI is InChI=1S/C12H16BrNO2/c1-8-6-10(4-5-11(8)13)14-9(2)7-12(15)16-3/h4-6,9,14H,7H2,1-3H3. The largest absolute Gasteiger partial charge is 0.469 e. The topological polar surface area (TPSA) is 38.3 Å². The predicted octanol–water partition coefficient (Wildman–Crippen LogP) is 3.12. The van der Waals surface area contributed by atoms with E-state index in [9.17, 15) is 4.79 Å². The molecule has 1 N–H and O–H groups in total. The molecule has 0 heterocycles. The molecule has 0 aromatic heterocycles. The second kappa shape index (κ2) is 5.89. The number of anilines is 1. The van der Waals surface area contributed by atoms with E-state index in [1.807, 2.05) is 32.0 Å². The van der Waals surface area contributed by atoms with Gasteiger partial charge in [-0.05, 0) is 37.6 Å². The minimum atomic E-state index is -0.200. The van der Waals surface area contributed by atoms with Crippen LogP contribution in [0.15, 0.2) is 22.7 Å². The van der Waals surface area contributed by atoms with E-state index in [1.54, 1.807) is 0 Å². The maximum absolute atomic E-state index is 11.1. The highest BCUT2D eigenvalue weighted by molar-refractivity contribution is 9.10. The summed E-state index contributed by atoms with van der Waals surface area (Å²) < 4.78 is 5.70. The first kappa shape index (κ1) is 13.0. The van der Waals surface area contributed by atoms with Crippen LogP contribution in [0.1, 0.15) is 18.9 Å². The van der Waals surface area contributed by atoms with Gasteiger partial charge < -0.3 is 10.1 Å². The molecule has 1 atom stereocenters. The van der Waals surface area contributed by atoms with Crippen LogP contribution in [0.2, 0.25) is 0 Å². The van der Waals surface area contributed by atoms with E-state index in [4.69, 9.17) is 0 Å². The fraction of sp³-hybridized carbons (Fsp3) is 0.417. The van der Waals surface area contributed by atoms with E-state index < -0.39 is 0 Å². The SMILES string of the molecule is COC(=O)CC(C)Nc1ccc(Br)c(C)c1. The minimum Gasteiger partial charge on any atom is -0.469 e. The van der Waals surface area contributed by atoms with Crippen molar-refractivity contribution in [3.8, 4) is 0 Å². The fourth-order valence-corrected chi connectivity index (χ4v) is 1.65. The summed E-state index contributed by atoms with van der Waals surface area (Å²) in [5, 5.41) is 3.25. The second-order valence-electron chi connectivity index (χ2n) is 3.79. The van der Waals surface area contributed by atoms with Crippen molar-refractivity contribution in [3.63, 3.8) is 0 Å². The summed E-state index contributed by atoms with van der Waals surface area (Å²) in [6.07, 6.45) is 0.367. The predicted molar refractivity (Wildman–Crippen MR) is 68.6 cm³/mol. The Hall–Kier alpha value is -1.03. The van der Waals surface area contributed by atoms with E-state index in [0.717, 1.165) is 15.7 Å². The summed E-state index contributed by atoms with van der Waals surface area (Å²) in [5.41, 5.74) is 2.17. The first-order valence-electron chi connectivity index (χ1n) is 5.12. The Morgan fingerprint density at radius 1 is 1.56 bits per heavy atom. The summed E-state index contributed by atoms with van der Waals surface area (Å²) in [6.45, 7) is 3.98. The first-order chi connectivity index (χ1) is 7.52. The first-order valence-corrected chi connectivity index (χ1v) is 5.91. The molecular formula is C12H16BrNO2. The number of esters is 1. The zero-order valence-electron chi connectivity index (χ0n) is 9.71. The molecule has 0 spiro atoms. The minimum absolute atomic E-state index is 0.0630. The number of nitrogens with one attached hydrogen (secondary N) is 1. The summed E-state index contributed by atoms with van der Waals surface area (Å²) in [5.74, 6) is -0.200. The molecule has 88 valence electrons. The van der Waals surface area contributed by atoms with E-state index in [-0.39, 0.29) is 12.0 Å². The number of hydrogen-bond acceptors (Lipinski definition) is 3. The van der Waals surface area contributed by atoms with Crippen LogP contribution in [0.4, 0.5) is 5.69 Å². The smallest absolute Gasteiger partial charge is 0.307 e. The third-order valence-electron chi connectivity index (χ3n) is 2.27. The number of ether oxygens (including phenoxy) is 1.